The van der Waals surface area contributed by atoms with Crippen LogP contribution in [0.15, 0.2) is 60.8 Å². The van der Waals surface area contributed by atoms with Gasteiger partial charge in [-0.2, -0.15) is 0 Å². The SMILES string of the molecule is O=C(CC(O)c1cccc(F)c1)Nc1cccc2cccnc12. The number of amides is 1. The molecule has 1 aromatic heterocycles. The number of hydrogen-bond donors (Lipinski definition) is 2. The molecule has 0 aliphatic heterocycles. The number of nitrogens with zero attached hydrogens (tertiary/aromatic N) is 1. The minimum Gasteiger partial charge on any atom is -0.388 e. The standard InChI is InChI=1S/C18H15FN2O2/c19-14-7-1-5-13(10-14)16(22)11-17(23)21-15-8-2-4-12-6-3-9-20-18(12)15/h1-10,16,22H,11H2,(H,21,23). The van der Waals surface area contributed by atoms with Gasteiger partial charge >= 0.3 is 0 Å². The molecule has 5 heteroatoms. The Labute approximate surface area is 132 Å². The Morgan fingerprint density at radius 2 is 1.96 bits per heavy atom. The van der Waals surface area contributed by atoms with Crippen molar-refractivity contribution in [1.29, 1.82) is 0 Å². The van der Waals surface area contributed by atoms with Crippen LogP contribution in [0.3, 0.4) is 0 Å². The van der Waals surface area contributed by atoms with Gasteiger partial charge in [-0.05, 0) is 29.8 Å². The molecule has 1 atom stereocenters. The van der Waals surface area contributed by atoms with Gasteiger partial charge in [0.2, 0.25) is 5.91 Å². The molecular formula is C18H15FN2O2. The van der Waals surface area contributed by atoms with Crippen molar-refractivity contribution >= 4 is 22.5 Å². The number of aromatic nitrogens is 1. The second-order valence-electron chi connectivity index (χ2n) is 5.20. The third kappa shape index (κ3) is 3.52. The molecule has 0 aliphatic carbocycles. The monoisotopic (exact) mass is 310 g/mol. The highest BCUT2D eigenvalue weighted by Crippen LogP contribution is 2.22. The summed E-state index contributed by atoms with van der Waals surface area (Å²) in [6, 6.07) is 14.8. The molecule has 0 saturated carbocycles. The fourth-order valence-electron chi connectivity index (χ4n) is 2.41. The van der Waals surface area contributed by atoms with E-state index in [-0.39, 0.29) is 12.3 Å². The van der Waals surface area contributed by atoms with E-state index in [2.05, 4.69) is 10.3 Å². The van der Waals surface area contributed by atoms with Crippen molar-refractivity contribution in [3.05, 3.63) is 72.2 Å². The Balaban J connectivity index is 1.74. The molecule has 1 amide bonds. The molecule has 0 fully saturated rings. The summed E-state index contributed by atoms with van der Waals surface area (Å²) in [5, 5.41) is 13.7. The number of aliphatic hydroxyl groups excluding tert-OH is 1. The molecule has 3 rings (SSSR count). The highest BCUT2D eigenvalue weighted by Gasteiger charge is 2.14. The summed E-state index contributed by atoms with van der Waals surface area (Å²) >= 11 is 0. The van der Waals surface area contributed by atoms with E-state index in [9.17, 15) is 14.3 Å². The van der Waals surface area contributed by atoms with Gasteiger partial charge in [-0.15, -0.1) is 0 Å². The molecule has 4 nitrogen and oxygen atoms in total. The van der Waals surface area contributed by atoms with E-state index < -0.39 is 11.9 Å². The van der Waals surface area contributed by atoms with Crippen LogP contribution in [-0.4, -0.2) is 16.0 Å². The van der Waals surface area contributed by atoms with Crippen LogP contribution in [0.1, 0.15) is 18.1 Å². The van der Waals surface area contributed by atoms with Gasteiger partial charge in [-0.25, -0.2) is 4.39 Å². The van der Waals surface area contributed by atoms with Crippen molar-refractivity contribution in [3.8, 4) is 0 Å². The molecule has 0 saturated heterocycles. The highest BCUT2D eigenvalue weighted by atomic mass is 19.1. The minimum absolute atomic E-state index is 0.160. The summed E-state index contributed by atoms with van der Waals surface area (Å²) in [4.78, 5) is 16.4. The lowest BCUT2D eigenvalue weighted by Crippen LogP contribution is -2.16. The first kappa shape index (κ1) is 15.1. The van der Waals surface area contributed by atoms with Gasteiger partial charge in [-0.3, -0.25) is 9.78 Å². The molecule has 0 spiro atoms. The number of halogens is 1. The van der Waals surface area contributed by atoms with Crippen LogP contribution >= 0.6 is 0 Å². The number of anilines is 1. The predicted molar refractivity (Wildman–Crippen MR) is 86.3 cm³/mol. The lowest BCUT2D eigenvalue weighted by Gasteiger charge is -2.12. The summed E-state index contributed by atoms with van der Waals surface area (Å²) in [5.41, 5.74) is 1.64. The highest BCUT2D eigenvalue weighted by molar-refractivity contribution is 6.00. The van der Waals surface area contributed by atoms with E-state index in [0.717, 1.165) is 5.39 Å². The molecule has 2 N–H and O–H groups in total. The van der Waals surface area contributed by atoms with Gasteiger partial charge in [0.25, 0.3) is 0 Å². The number of benzene rings is 2. The van der Waals surface area contributed by atoms with Gasteiger partial charge in [0.05, 0.1) is 23.7 Å². The van der Waals surface area contributed by atoms with Crippen LogP contribution in [0.5, 0.6) is 0 Å². The first-order valence-corrected chi connectivity index (χ1v) is 7.20. The zero-order valence-electron chi connectivity index (χ0n) is 12.2. The molecule has 3 aromatic rings. The van der Waals surface area contributed by atoms with E-state index in [1.54, 1.807) is 18.3 Å². The summed E-state index contributed by atoms with van der Waals surface area (Å²) in [5.74, 6) is -0.805. The number of carbonyl (C=O) groups excluding carboxylic acids is 1. The first-order valence-electron chi connectivity index (χ1n) is 7.20. The average Bonchev–Trinajstić information content (AvgIpc) is 2.55. The van der Waals surface area contributed by atoms with Crippen molar-refractivity contribution in [2.24, 2.45) is 0 Å². The minimum atomic E-state index is -1.06. The maximum atomic E-state index is 13.2. The lowest BCUT2D eigenvalue weighted by molar-refractivity contribution is -0.118. The Morgan fingerprint density at radius 3 is 2.78 bits per heavy atom. The molecular weight excluding hydrogens is 295 g/mol. The van der Waals surface area contributed by atoms with Crippen molar-refractivity contribution < 1.29 is 14.3 Å². The van der Waals surface area contributed by atoms with Crippen LogP contribution in [-0.2, 0) is 4.79 Å². The van der Waals surface area contributed by atoms with Gasteiger partial charge in [-0.1, -0.05) is 30.3 Å². The van der Waals surface area contributed by atoms with E-state index in [1.807, 2.05) is 24.3 Å². The molecule has 0 bridgehead atoms. The van der Waals surface area contributed by atoms with Gasteiger partial charge in [0.1, 0.15) is 5.82 Å². The number of carbonyl (C=O) groups is 1. The maximum absolute atomic E-state index is 13.2. The molecule has 0 aliphatic rings. The first-order chi connectivity index (χ1) is 11.1. The molecule has 116 valence electrons. The molecule has 23 heavy (non-hydrogen) atoms. The predicted octanol–water partition coefficient (Wildman–Crippen LogP) is 3.44. The second kappa shape index (κ2) is 6.54. The van der Waals surface area contributed by atoms with Crippen molar-refractivity contribution in [3.63, 3.8) is 0 Å². The summed E-state index contributed by atoms with van der Waals surface area (Å²) in [6.45, 7) is 0. The smallest absolute Gasteiger partial charge is 0.227 e. The number of nitrogens with one attached hydrogen (secondary N) is 1. The number of hydrogen-bond acceptors (Lipinski definition) is 3. The van der Waals surface area contributed by atoms with Crippen molar-refractivity contribution in [1.82, 2.24) is 4.98 Å². The summed E-state index contributed by atoms with van der Waals surface area (Å²) in [7, 11) is 0. The quantitative estimate of drug-likeness (QED) is 0.776. The van der Waals surface area contributed by atoms with E-state index in [4.69, 9.17) is 0 Å². The van der Waals surface area contributed by atoms with Gasteiger partial charge < -0.3 is 10.4 Å². The van der Waals surface area contributed by atoms with Crippen LogP contribution in [0, 0.1) is 5.82 Å². The fraction of sp³-hybridized carbons (Fsp3) is 0.111. The van der Waals surface area contributed by atoms with E-state index in [0.29, 0.717) is 16.8 Å². The Bertz CT molecular complexity index is 846. The third-order valence-corrected chi connectivity index (χ3v) is 3.52. The Hall–Kier alpha value is -2.79. The van der Waals surface area contributed by atoms with E-state index >= 15 is 0 Å². The number of aliphatic hydroxyl groups is 1. The largest absolute Gasteiger partial charge is 0.388 e. The molecule has 1 heterocycles. The zero-order chi connectivity index (χ0) is 16.2. The number of rotatable bonds is 4. The van der Waals surface area contributed by atoms with Crippen LogP contribution < -0.4 is 5.32 Å². The molecule has 0 radical (unpaired) electrons. The normalized spacial score (nSPS) is 12.1. The molecule has 1 unspecified atom stereocenters. The topological polar surface area (TPSA) is 62.2 Å². The Kier molecular flexibility index (Phi) is 4.30. The molecule has 2 aromatic carbocycles. The van der Waals surface area contributed by atoms with Crippen LogP contribution in [0.25, 0.3) is 10.9 Å². The summed E-state index contributed by atoms with van der Waals surface area (Å²) in [6.07, 6.45) is 0.431. The lowest BCUT2D eigenvalue weighted by atomic mass is 10.1. The van der Waals surface area contributed by atoms with Crippen LogP contribution in [0.4, 0.5) is 10.1 Å². The van der Waals surface area contributed by atoms with Gasteiger partial charge in [0, 0.05) is 11.6 Å². The second-order valence-corrected chi connectivity index (χ2v) is 5.20. The van der Waals surface area contributed by atoms with Crippen LogP contribution in [0.2, 0.25) is 0 Å². The Morgan fingerprint density at radius 1 is 1.17 bits per heavy atom. The van der Waals surface area contributed by atoms with E-state index in [1.165, 1.54) is 18.2 Å². The van der Waals surface area contributed by atoms with Gasteiger partial charge in [0.15, 0.2) is 0 Å². The third-order valence-electron chi connectivity index (χ3n) is 3.52. The number of pyridine rings is 1. The average molecular weight is 310 g/mol. The zero-order valence-corrected chi connectivity index (χ0v) is 12.2. The van der Waals surface area contributed by atoms with Crippen molar-refractivity contribution in [2.75, 3.05) is 5.32 Å². The van der Waals surface area contributed by atoms with Crippen molar-refractivity contribution in [2.45, 2.75) is 12.5 Å². The summed E-state index contributed by atoms with van der Waals surface area (Å²) < 4.78 is 13.2. The maximum Gasteiger partial charge on any atom is 0.227 e. The number of para-hydroxylation sites is 1. The number of fused-ring (bicyclic) bond motifs is 1. The fourth-order valence-corrected chi connectivity index (χ4v) is 2.41.